The third-order valence-corrected chi connectivity index (χ3v) is 3.41. The summed E-state index contributed by atoms with van der Waals surface area (Å²) in [5.41, 5.74) is 0. The molecule has 5 heteroatoms. The molecule has 0 amide bonds. The summed E-state index contributed by atoms with van der Waals surface area (Å²) in [7, 11) is 1.69. The molecule has 1 heterocycles. The number of halogens is 1. The van der Waals surface area contributed by atoms with E-state index in [9.17, 15) is 8.42 Å². The lowest BCUT2D eigenvalue weighted by Gasteiger charge is -2.15. The molecule has 1 fully saturated rings. The van der Waals surface area contributed by atoms with Gasteiger partial charge >= 0.3 is 0 Å². The molecule has 3 nitrogen and oxygen atoms in total. The Labute approximate surface area is 65.5 Å². The van der Waals surface area contributed by atoms with Crippen LogP contribution in [0.1, 0.15) is 19.8 Å². The van der Waals surface area contributed by atoms with Crippen molar-refractivity contribution in [2.75, 3.05) is 6.54 Å². The molecule has 0 unspecified atom stereocenters. The summed E-state index contributed by atoms with van der Waals surface area (Å²) in [6, 6.07) is 0.0856. The quantitative estimate of drug-likeness (QED) is 0.568. The highest BCUT2D eigenvalue weighted by Crippen LogP contribution is 2.21. The molecule has 1 aliphatic heterocycles. The van der Waals surface area contributed by atoms with E-state index in [0.717, 1.165) is 12.8 Å². The first-order valence-electron chi connectivity index (χ1n) is 3.23. The van der Waals surface area contributed by atoms with E-state index in [0.29, 0.717) is 6.54 Å². The molecule has 0 saturated carbocycles. The predicted octanol–water partition coefficient (Wildman–Crippen LogP) is 0.954. The van der Waals surface area contributed by atoms with Crippen molar-refractivity contribution < 1.29 is 8.42 Å². The van der Waals surface area contributed by atoms with Crippen LogP contribution in [0.3, 0.4) is 0 Å². The third-order valence-electron chi connectivity index (χ3n) is 1.77. The minimum atomic E-state index is -3.45. The summed E-state index contributed by atoms with van der Waals surface area (Å²) in [6.45, 7) is 2.44. The normalized spacial score (nSPS) is 29.2. The summed E-state index contributed by atoms with van der Waals surface area (Å²) in [6.07, 6.45) is 1.85. The second kappa shape index (κ2) is 2.68. The molecule has 0 bridgehead atoms. The number of hydrogen-bond donors (Lipinski definition) is 0. The largest absolute Gasteiger partial charge is 0.300 e. The average Bonchev–Trinajstić information content (AvgIpc) is 2.11. The predicted molar refractivity (Wildman–Crippen MR) is 40.2 cm³/mol. The van der Waals surface area contributed by atoms with Gasteiger partial charge in [-0.25, -0.2) is 0 Å². The van der Waals surface area contributed by atoms with E-state index in [4.69, 9.17) is 10.7 Å². The van der Waals surface area contributed by atoms with Crippen LogP contribution in [0.2, 0.25) is 0 Å². The van der Waals surface area contributed by atoms with Crippen molar-refractivity contribution in [3.63, 3.8) is 0 Å². The van der Waals surface area contributed by atoms with Crippen LogP contribution in [0.15, 0.2) is 0 Å². The topological polar surface area (TPSA) is 37.4 Å². The fourth-order valence-corrected chi connectivity index (χ4v) is 2.73. The van der Waals surface area contributed by atoms with Gasteiger partial charge in [0.25, 0.3) is 9.24 Å². The zero-order chi connectivity index (χ0) is 7.78. The van der Waals surface area contributed by atoms with Gasteiger partial charge in [-0.2, -0.15) is 12.7 Å². The average molecular weight is 184 g/mol. The van der Waals surface area contributed by atoms with Crippen molar-refractivity contribution in [1.29, 1.82) is 0 Å². The van der Waals surface area contributed by atoms with Gasteiger partial charge in [0, 0.05) is 23.3 Å². The Kier molecular flexibility index (Phi) is 2.22. The Morgan fingerprint density at radius 2 is 2.20 bits per heavy atom. The minimum absolute atomic E-state index is 0.0856. The van der Waals surface area contributed by atoms with Gasteiger partial charge in [0.2, 0.25) is 0 Å². The standard InChI is InChI=1S/C5H10ClNO2S/c1-5-3-2-4-7(5)10(6,8)9/h5H,2-4H2,1H3/t5-/m1/s1. The fourth-order valence-electron chi connectivity index (χ4n) is 1.23. The Morgan fingerprint density at radius 1 is 1.60 bits per heavy atom. The molecule has 0 radical (unpaired) electrons. The molecule has 0 N–H and O–H groups in total. The lowest BCUT2D eigenvalue weighted by atomic mass is 10.3. The van der Waals surface area contributed by atoms with E-state index in [2.05, 4.69) is 0 Å². The minimum Gasteiger partial charge on any atom is -0.195 e. The summed E-state index contributed by atoms with van der Waals surface area (Å²) < 4.78 is 22.8. The first-order chi connectivity index (χ1) is 4.52. The van der Waals surface area contributed by atoms with Gasteiger partial charge in [-0.15, -0.1) is 0 Å². The highest BCUT2D eigenvalue weighted by Gasteiger charge is 2.29. The molecular formula is C5H10ClNO2S. The van der Waals surface area contributed by atoms with Crippen LogP contribution in [0.25, 0.3) is 0 Å². The molecule has 1 rings (SSSR count). The Balaban J connectivity index is 2.74. The summed E-state index contributed by atoms with van der Waals surface area (Å²) in [5, 5.41) is 0. The number of hydrogen-bond acceptors (Lipinski definition) is 2. The molecule has 0 aliphatic carbocycles. The summed E-state index contributed by atoms with van der Waals surface area (Å²) in [5.74, 6) is 0. The molecule has 0 aromatic heterocycles. The highest BCUT2D eigenvalue weighted by molar-refractivity contribution is 8.11. The lowest BCUT2D eigenvalue weighted by molar-refractivity contribution is 0.418. The molecule has 0 aromatic carbocycles. The third kappa shape index (κ3) is 1.62. The Morgan fingerprint density at radius 3 is 2.40 bits per heavy atom. The Hall–Kier alpha value is 0.200. The zero-order valence-electron chi connectivity index (χ0n) is 5.75. The molecular weight excluding hydrogens is 174 g/mol. The molecule has 1 aliphatic rings. The van der Waals surface area contributed by atoms with Gasteiger partial charge in [-0.3, -0.25) is 0 Å². The van der Waals surface area contributed by atoms with Crippen LogP contribution in [-0.4, -0.2) is 25.3 Å². The van der Waals surface area contributed by atoms with Crippen LogP contribution in [-0.2, 0) is 9.24 Å². The van der Waals surface area contributed by atoms with Crippen molar-refractivity contribution in [1.82, 2.24) is 4.31 Å². The van der Waals surface area contributed by atoms with Gasteiger partial charge in [0.15, 0.2) is 0 Å². The molecule has 1 atom stereocenters. The molecule has 60 valence electrons. The van der Waals surface area contributed by atoms with Crippen molar-refractivity contribution in [3.8, 4) is 0 Å². The van der Waals surface area contributed by atoms with Crippen LogP contribution >= 0.6 is 10.7 Å². The second-order valence-electron chi connectivity index (χ2n) is 2.54. The summed E-state index contributed by atoms with van der Waals surface area (Å²) >= 11 is 0. The van der Waals surface area contributed by atoms with Gasteiger partial charge in [-0.05, 0) is 19.8 Å². The summed E-state index contributed by atoms with van der Waals surface area (Å²) in [4.78, 5) is 0. The lowest BCUT2D eigenvalue weighted by Crippen LogP contribution is -2.29. The van der Waals surface area contributed by atoms with Crippen molar-refractivity contribution in [2.24, 2.45) is 0 Å². The van der Waals surface area contributed by atoms with Crippen LogP contribution in [0.4, 0.5) is 0 Å². The van der Waals surface area contributed by atoms with Crippen molar-refractivity contribution >= 4 is 19.9 Å². The van der Waals surface area contributed by atoms with Gasteiger partial charge in [0.05, 0.1) is 0 Å². The van der Waals surface area contributed by atoms with Crippen LogP contribution in [0.5, 0.6) is 0 Å². The molecule has 0 spiro atoms. The van der Waals surface area contributed by atoms with E-state index in [1.807, 2.05) is 6.92 Å². The first-order valence-corrected chi connectivity index (χ1v) is 5.50. The number of rotatable bonds is 1. The van der Waals surface area contributed by atoms with Crippen LogP contribution in [0, 0.1) is 0 Å². The second-order valence-corrected chi connectivity index (χ2v) is 5.01. The maximum atomic E-state index is 10.7. The van der Waals surface area contributed by atoms with Crippen LogP contribution < -0.4 is 0 Å². The molecule has 0 aromatic rings. The Bertz CT molecular complexity index is 214. The smallest absolute Gasteiger partial charge is 0.195 e. The van der Waals surface area contributed by atoms with E-state index in [1.165, 1.54) is 4.31 Å². The van der Waals surface area contributed by atoms with Gasteiger partial charge < -0.3 is 0 Å². The monoisotopic (exact) mass is 183 g/mol. The molecule has 10 heavy (non-hydrogen) atoms. The highest BCUT2D eigenvalue weighted by atomic mass is 35.7. The fraction of sp³-hybridized carbons (Fsp3) is 1.00. The van der Waals surface area contributed by atoms with E-state index >= 15 is 0 Å². The van der Waals surface area contributed by atoms with Crippen molar-refractivity contribution in [3.05, 3.63) is 0 Å². The van der Waals surface area contributed by atoms with E-state index in [1.54, 1.807) is 0 Å². The maximum absolute atomic E-state index is 10.7. The van der Waals surface area contributed by atoms with E-state index in [-0.39, 0.29) is 6.04 Å². The SMILES string of the molecule is C[C@@H]1CCCN1S(=O)(=O)Cl. The van der Waals surface area contributed by atoms with E-state index < -0.39 is 9.24 Å². The first kappa shape index (κ1) is 8.30. The van der Waals surface area contributed by atoms with Gasteiger partial charge in [-0.1, -0.05) is 0 Å². The zero-order valence-corrected chi connectivity index (χ0v) is 7.32. The van der Waals surface area contributed by atoms with Gasteiger partial charge in [0.1, 0.15) is 0 Å². The maximum Gasteiger partial charge on any atom is 0.300 e. The van der Waals surface area contributed by atoms with Crippen molar-refractivity contribution in [2.45, 2.75) is 25.8 Å². The molecule has 1 saturated heterocycles. The number of nitrogens with zero attached hydrogens (tertiary/aromatic N) is 1.